The molecule has 1 fully saturated rings. The molecule has 1 saturated carbocycles. The molecule has 1 heterocycles. The van der Waals surface area contributed by atoms with Gasteiger partial charge in [0.25, 0.3) is 0 Å². The van der Waals surface area contributed by atoms with E-state index in [9.17, 15) is 4.79 Å². The minimum Gasteiger partial charge on any atom is -0.440 e. The third kappa shape index (κ3) is 4.19. The molecule has 2 N–H and O–H groups in total. The number of rotatable bonds is 7. The van der Waals surface area contributed by atoms with Crippen molar-refractivity contribution < 1.29 is 13.9 Å². The van der Waals surface area contributed by atoms with Crippen LogP contribution in [0.5, 0.6) is 0 Å². The number of carbonyl (C=O) groups excluding carboxylic acids is 1. The Kier molecular flexibility index (Phi) is 5.76. The highest BCUT2D eigenvalue weighted by molar-refractivity contribution is 5.94. The van der Waals surface area contributed by atoms with E-state index in [0.29, 0.717) is 19.1 Å². The molecule has 0 radical (unpaired) electrons. The summed E-state index contributed by atoms with van der Waals surface area (Å²) in [5.74, 6) is 1.21. The fourth-order valence-corrected chi connectivity index (χ4v) is 2.11. The first-order valence-corrected chi connectivity index (χ1v) is 7.16. The standard InChI is InChI=1S/C15H19N3O3.ClH/c1-20-7-6-16-9-14(19)17-11-4-5-12-13(8-11)21-15(18-12)10-2-3-10;/h4-5,8,10,16H,2-3,6-7,9H2,1H3,(H,17,19);1H. The molecule has 1 aromatic heterocycles. The molecule has 7 heteroatoms. The van der Waals surface area contributed by atoms with Crippen LogP contribution in [-0.2, 0) is 9.53 Å². The third-order valence-corrected chi connectivity index (χ3v) is 3.38. The van der Waals surface area contributed by atoms with Crippen molar-refractivity contribution in [3.05, 3.63) is 24.1 Å². The number of aromatic nitrogens is 1. The number of hydrogen-bond acceptors (Lipinski definition) is 5. The van der Waals surface area contributed by atoms with E-state index in [-0.39, 0.29) is 24.9 Å². The Morgan fingerprint density at radius 3 is 3.00 bits per heavy atom. The maximum Gasteiger partial charge on any atom is 0.238 e. The highest BCUT2D eigenvalue weighted by Gasteiger charge is 2.28. The molecule has 3 rings (SSSR count). The first kappa shape index (κ1) is 16.7. The van der Waals surface area contributed by atoms with Gasteiger partial charge in [-0.15, -0.1) is 12.4 Å². The molecule has 0 atom stereocenters. The Hall–Kier alpha value is -1.63. The van der Waals surface area contributed by atoms with Crippen LogP contribution < -0.4 is 10.6 Å². The Bertz CT molecular complexity index is 640. The SMILES string of the molecule is COCCNCC(=O)Nc1ccc2nc(C3CC3)oc2c1.Cl. The summed E-state index contributed by atoms with van der Waals surface area (Å²) >= 11 is 0. The van der Waals surface area contributed by atoms with Gasteiger partial charge < -0.3 is 19.8 Å². The fourth-order valence-electron chi connectivity index (χ4n) is 2.11. The minimum atomic E-state index is -0.0904. The molecule has 2 aromatic rings. The van der Waals surface area contributed by atoms with E-state index in [4.69, 9.17) is 9.15 Å². The van der Waals surface area contributed by atoms with Crippen molar-refractivity contribution in [2.75, 3.05) is 32.1 Å². The zero-order chi connectivity index (χ0) is 14.7. The zero-order valence-corrected chi connectivity index (χ0v) is 13.2. The number of halogens is 1. The molecule has 120 valence electrons. The molecule has 1 aromatic carbocycles. The topological polar surface area (TPSA) is 76.4 Å². The van der Waals surface area contributed by atoms with Crippen LogP contribution in [0.3, 0.4) is 0 Å². The van der Waals surface area contributed by atoms with Crippen molar-refractivity contribution in [3.63, 3.8) is 0 Å². The van der Waals surface area contributed by atoms with E-state index in [1.807, 2.05) is 18.2 Å². The number of nitrogens with zero attached hydrogens (tertiary/aromatic N) is 1. The van der Waals surface area contributed by atoms with Crippen LogP contribution in [0.1, 0.15) is 24.7 Å². The number of anilines is 1. The van der Waals surface area contributed by atoms with Gasteiger partial charge in [-0.2, -0.15) is 0 Å². The van der Waals surface area contributed by atoms with E-state index in [0.717, 1.165) is 35.5 Å². The molecule has 0 unspecified atom stereocenters. The maximum atomic E-state index is 11.8. The van der Waals surface area contributed by atoms with Crippen LogP contribution in [0.15, 0.2) is 22.6 Å². The fraction of sp³-hybridized carbons (Fsp3) is 0.467. The molecule has 1 aliphatic carbocycles. The molecule has 0 bridgehead atoms. The molecule has 0 saturated heterocycles. The second-order valence-electron chi connectivity index (χ2n) is 5.23. The van der Waals surface area contributed by atoms with Crippen LogP contribution in [-0.4, -0.2) is 37.7 Å². The van der Waals surface area contributed by atoms with Gasteiger partial charge in [-0.1, -0.05) is 0 Å². The summed E-state index contributed by atoms with van der Waals surface area (Å²) in [7, 11) is 1.63. The van der Waals surface area contributed by atoms with Crippen LogP contribution in [0.2, 0.25) is 0 Å². The largest absolute Gasteiger partial charge is 0.440 e. The average molecular weight is 326 g/mol. The van der Waals surface area contributed by atoms with Gasteiger partial charge in [0.05, 0.1) is 13.2 Å². The number of methoxy groups -OCH3 is 1. The second kappa shape index (κ2) is 7.58. The van der Waals surface area contributed by atoms with Gasteiger partial charge in [0.2, 0.25) is 5.91 Å². The van der Waals surface area contributed by atoms with Gasteiger partial charge in [-0.05, 0) is 25.0 Å². The van der Waals surface area contributed by atoms with Gasteiger partial charge in [0.15, 0.2) is 11.5 Å². The smallest absolute Gasteiger partial charge is 0.238 e. The van der Waals surface area contributed by atoms with Crippen molar-refractivity contribution in [2.45, 2.75) is 18.8 Å². The Morgan fingerprint density at radius 2 is 2.27 bits per heavy atom. The van der Waals surface area contributed by atoms with Crippen molar-refractivity contribution in [3.8, 4) is 0 Å². The number of nitrogens with one attached hydrogen (secondary N) is 2. The number of oxazole rings is 1. The Balaban J connectivity index is 0.00000176. The predicted octanol–water partition coefficient (Wildman–Crippen LogP) is 2.30. The van der Waals surface area contributed by atoms with E-state index < -0.39 is 0 Å². The maximum absolute atomic E-state index is 11.8. The summed E-state index contributed by atoms with van der Waals surface area (Å²) in [6, 6.07) is 5.54. The number of carbonyl (C=O) groups is 1. The first-order chi connectivity index (χ1) is 10.3. The van der Waals surface area contributed by atoms with Crippen molar-refractivity contribution in [2.24, 2.45) is 0 Å². The van der Waals surface area contributed by atoms with Gasteiger partial charge in [0.1, 0.15) is 5.52 Å². The van der Waals surface area contributed by atoms with Crippen LogP contribution in [0, 0.1) is 0 Å². The van der Waals surface area contributed by atoms with E-state index in [1.54, 1.807) is 7.11 Å². The number of benzene rings is 1. The van der Waals surface area contributed by atoms with Crippen molar-refractivity contribution >= 4 is 35.1 Å². The lowest BCUT2D eigenvalue weighted by Gasteiger charge is -2.06. The summed E-state index contributed by atoms with van der Waals surface area (Å²) in [4.78, 5) is 16.2. The minimum absolute atomic E-state index is 0. The van der Waals surface area contributed by atoms with E-state index in [2.05, 4.69) is 15.6 Å². The number of amides is 1. The molecule has 0 aliphatic heterocycles. The lowest BCUT2D eigenvalue weighted by Crippen LogP contribution is -2.30. The molecular weight excluding hydrogens is 306 g/mol. The summed E-state index contributed by atoms with van der Waals surface area (Å²) in [5, 5.41) is 5.83. The highest BCUT2D eigenvalue weighted by Crippen LogP contribution is 2.40. The lowest BCUT2D eigenvalue weighted by atomic mass is 10.3. The third-order valence-electron chi connectivity index (χ3n) is 3.38. The molecule has 22 heavy (non-hydrogen) atoms. The molecule has 1 aliphatic rings. The second-order valence-corrected chi connectivity index (χ2v) is 5.23. The van der Waals surface area contributed by atoms with Crippen LogP contribution in [0.4, 0.5) is 5.69 Å². The Morgan fingerprint density at radius 1 is 1.45 bits per heavy atom. The van der Waals surface area contributed by atoms with Gasteiger partial charge in [-0.25, -0.2) is 4.98 Å². The number of fused-ring (bicyclic) bond motifs is 1. The molecule has 6 nitrogen and oxygen atoms in total. The highest BCUT2D eigenvalue weighted by atomic mass is 35.5. The lowest BCUT2D eigenvalue weighted by molar-refractivity contribution is -0.115. The quantitative estimate of drug-likeness (QED) is 0.764. The molecule has 0 spiro atoms. The summed E-state index contributed by atoms with van der Waals surface area (Å²) in [6.07, 6.45) is 2.31. The molecular formula is C15H20ClN3O3. The zero-order valence-electron chi connectivity index (χ0n) is 12.4. The van der Waals surface area contributed by atoms with E-state index in [1.165, 1.54) is 0 Å². The normalized spacial score (nSPS) is 13.9. The number of hydrogen-bond donors (Lipinski definition) is 2. The summed E-state index contributed by atoms with van der Waals surface area (Å²) < 4.78 is 10.6. The van der Waals surface area contributed by atoms with E-state index >= 15 is 0 Å². The van der Waals surface area contributed by atoms with Crippen LogP contribution in [0.25, 0.3) is 11.1 Å². The first-order valence-electron chi connectivity index (χ1n) is 7.16. The van der Waals surface area contributed by atoms with Gasteiger partial charge in [0, 0.05) is 31.3 Å². The summed E-state index contributed by atoms with van der Waals surface area (Å²) in [6.45, 7) is 1.49. The monoisotopic (exact) mass is 325 g/mol. The summed E-state index contributed by atoms with van der Waals surface area (Å²) in [5.41, 5.74) is 2.29. The van der Waals surface area contributed by atoms with Gasteiger partial charge >= 0.3 is 0 Å². The predicted molar refractivity (Wildman–Crippen MR) is 86.6 cm³/mol. The molecule has 1 amide bonds. The van der Waals surface area contributed by atoms with Crippen molar-refractivity contribution in [1.29, 1.82) is 0 Å². The van der Waals surface area contributed by atoms with Crippen LogP contribution >= 0.6 is 12.4 Å². The van der Waals surface area contributed by atoms with Gasteiger partial charge in [-0.3, -0.25) is 4.79 Å². The Labute approximate surface area is 135 Å². The van der Waals surface area contributed by atoms with Crippen molar-refractivity contribution in [1.82, 2.24) is 10.3 Å². The number of ether oxygens (including phenoxy) is 1. The average Bonchev–Trinajstić information content (AvgIpc) is 3.24.